The van der Waals surface area contributed by atoms with E-state index < -0.39 is 6.04 Å². The Hall–Kier alpha value is -2.37. The molecular formula is C21H26ClN3O2. The van der Waals surface area contributed by atoms with Crippen LogP contribution < -0.4 is 5.73 Å². The topological polar surface area (TPSA) is 66.6 Å². The van der Waals surface area contributed by atoms with Crippen LogP contribution in [0, 0.1) is 6.92 Å². The number of hydrogen-bond acceptors (Lipinski definition) is 3. The van der Waals surface area contributed by atoms with E-state index in [1.807, 2.05) is 66.4 Å². The van der Waals surface area contributed by atoms with Crippen molar-refractivity contribution >= 4 is 24.2 Å². The summed E-state index contributed by atoms with van der Waals surface area (Å²) in [5.74, 6) is 0.0233. The first-order chi connectivity index (χ1) is 12.5. The summed E-state index contributed by atoms with van der Waals surface area (Å²) in [5.41, 5.74) is 9.12. The van der Waals surface area contributed by atoms with Crippen LogP contribution in [0.3, 0.4) is 0 Å². The molecule has 0 bridgehead atoms. The number of nitrogens with zero attached hydrogens (tertiary/aromatic N) is 2. The van der Waals surface area contributed by atoms with E-state index in [2.05, 4.69) is 0 Å². The molecule has 0 aliphatic carbocycles. The van der Waals surface area contributed by atoms with Gasteiger partial charge < -0.3 is 15.5 Å². The first kappa shape index (κ1) is 20.9. The van der Waals surface area contributed by atoms with E-state index in [1.165, 1.54) is 5.56 Å². The van der Waals surface area contributed by atoms with E-state index in [-0.39, 0.29) is 24.2 Å². The number of amides is 2. The Labute approximate surface area is 166 Å². The summed E-state index contributed by atoms with van der Waals surface area (Å²) < 4.78 is 0. The summed E-state index contributed by atoms with van der Waals surface area (Å²) in [6, 6.07) is 16.8. The van der Waals surface area contributed by atoms with Gasteiger partial charge in [-0.15, -0.1) is 12.4 Å². The zero-order valence-corrected chi connectivity index (χ0v) is 16.3. The zero-order chi connectivity index (χ0) is 18.5. The molecule has 0 saturated carbocycles. The van der Waals surface area contributed by atoms with E-state index in [0.717, 1.165) is 11.1 Å². The minimum absolute atomic E-state index is 0. The van der Waals surface area contributed by atoms with Crippen molar-refractivity contribution in [1.82, 2.24) is 9.80 Å². The van der Waals surface area contributed by atoms with Gasteiger partial charge in [0.1, 0.15) is 6.04 Å². The van der Waals surface area contributed by atoms with Gasteiger partial charge in [0.25, 0.3) is 0 Å². The molecule has 6 heteroatoms. The summed E-state index contributed by atoms with van der Waals surface area (Å²) in [7, 11) is 0. The number of aryl methyl sites for hydroxylation is 1. The molecule has 2 amide bonds. The lowest BCUT2D eigenvalue weighted by atomic mass is 10.1. The second kappa shape index (κ2) is 9.53. The van der Waals surface area contributed by atoms with Gasteiger partial charge in [-0.3, -0.25) is 9.59 Å². The standard InChI is InChI=1S/C21H25N3O2.ClH/c1-16-7-9-17(10-8-16)15-19(25)23-11-13-24(14-12-23)21(26)20(22)18-5-3-2-4-6-18;/h2-10,20H,11-15,22H2,1H3;1H. The molecule has 1 aliphatic heterocycles. The third kappa shape index (κ3) is 5.31. The molecule has 2 aromatic rings. The molecule has 1 fully saturated rings. The molecule has 2 N–H and O–H groups in total. The van der Waals surface area contributed by atoms with E-state index >= 15 is 0 Å². The number of rotatable bonds is 4. The second-order valence-corrected chi connectivity index (χ2v) is 6.76. The minimum Gasteiger partial charge on any atom is -0.339 e. The molecule has 0 spiro atoms. The predicted molar refractivity (Wildman–Crippen MR) is 109 cm³/mol. The lowest BCUT2D eigenvalue weighted by Gasteiger charge is -2.36. The smallest absolute Gasteiger partial charge is 0.244 e. The third-order valence-corrected chi connectivity index (χ3v) is 4.84. The zero-order valence-electron chi connectivity index (χ0n) is 15.5. The molecule has 1 atom stereocenters. The highest BCUT2D eigenvalue weighted by molar-refractivity contribution is 5.85. The summed E-state index contributed by atoms with van der Waals surface area (Å²) in [6.07, 6.45) is 0.401. The maximum atomic E-state index is 12.6. The molecule has 3 rings (SSSR count). The normalized spacial score (nSPS) is 15.0. The van der Waals surface area contributed by atoms with Crippen LogP contribution in [0.2, 0.25) is 0 Å². The monoisotopic (exact) mass is 387 g/mol. The maximum Gasteiger partial charge on any atom is 0.244 e. The van der Waals surface area contributed by atoms with Gasteiger partial charge in [-0.25, -0.2) is 0 Å². The fourth-order valence-corrected chi connectivity index (χ4v) is 3.17. The van der Waals surface area contributed by atoms with Gasteiger partial charge in [0, 0.05) is 26.2 Å². The van der Waals surface area contributed by atoms with E-state index in [0.29, 0.717) is 32.6 Å². The van der Waals surface area contributed by atoms with E-state index in [4.69, 9.17) is 5.73 Å². The summed E-state index contributed by atoms with van der Waals surface area (Å²) in [4.78, 5) is 28.7. The molecule has 1 aliphatic rings. The Kier molecular flexibility index (Phi) is 7.39. The Bertz CT molecular complexity index is 757. The highest BCUT2D eigenvalue weighted by atomic mass is 35.5. The van der Waals surface area contributed by atoms with Gasteiger partial charge in [0.05, 0.1) is 6.42 Å². The Morgan fingerprint density at radius 1 is 0.926 bits per heavy atom. The summed E-state index contributed by atoms with van der Waals surface area (Å²) >= 11 is 0. The molecule has 0 aromatic heterocycles. The van der Waals surface area contributed by atoms with Gasteiger partial charge in [-0.2, -0.15) is 0 Å². The van der Waals surface area contributed by atoms with E-state index in [1.54, 1.807) is 4.90 Å². The highest BCUT2D eigenvalue weighted by Crippen LogP contribution is 2.15. The SMILES string of the molecule is Cc1ccc(CC(=O)N2CCN(C(=O)C(N)c3ccccc3)CC2)cc1.Cl. The number of piperazine rings is 1. The van der Waals surface area contributed by atoms with Gasteiger partial charge in [-0.05, 0) is 18.1 Å². The van der Waals surface area contributed by atoms with Crippen molar-refractivity contribution in [1.29, 1.82) is 0 Å². The Morgan fingerprint density at radius 3 is 2.07 bits per heavy atom. The van der Waals surface area contributed by atoms with Crippen LogP contribution in [0.25, 0.3) is 0 Å². The number of carbonyl (C=O) groups excluding carboxylic acids is 2. The molecule has 1 saturated heterocycles. The van der Waals surface area contributed by atoms with Gasteiger partial charge >= 0.3 is 0 Å². The lowest BCUT2D eigenvalue weighted by molar-refractivity contribution is -0.140. The fraction of sp³-hybridized carbons (Fsp3) is 0.333. The van der Waals surface area contributed by atoms with Crippen LogP contribution in [-0.2, 0) is 16.0 Å². The van der Waals surface area contributed by atoms with Crippen LogP contribution >= 0.6 is 12.4 Å². The average molecular weight is 388 g/mol. The first-order valence-electron chi connectivity index (χ1n) is 8.97. The lowest BCUT2D eigenvalue weighted by Crippen LogP contribution is -2.52. The summed E-state index contributed by atoms with van der Waals surface area (Å²) in [6.45, 7) is 4.19. The number of halogens is 1. The molecule has 1 unspecified atom stereocenters. The Morgan fingerprint density at radius 2 is 1.48 bits per heavy atom. The maximum absolute atomic E-state index is 12.6. The molecular weight excluding hydrogens is 362 g/mol. The fourth-order valence-electron chi connectivity index (χ4n) is 3.17. The van der Waals surface area contributed by atoms with Crippen molar-refractivity contribution < 1.29 is 9.59 Å². The van der Waals surface area contributed by atoms with Crippen molar-refractivity contribution in [3.8, 4) is 0 Å². The third-order valence-electron chi connectivity index (χ3n) is 4.84. The number of benzene rings is 2. The van der Waals surface area contributed by atoms with Crippen LogP contribution in [0.4, 0.5) is 0 Å². The molecule has 144 valence electrons. The number of nitrogens with two attached hydrogens (primary N) is 1. The van der Waals surface area contributed by atoms with Crippen LogP contribution in [0.15, 0.2) is 54.6 Å². The van der Waals surface area contributed by atoms with Gasteiger partial charge in [-0.1, -0.05) is 60.2 Å². The molecule has 5 nitrogen and oxygen atoms in total. The summed E-state index contributed by atoms with van der Waals surface area (Å²) in [5, 5.41) is 0. The van der Waals surface area contributed by atoms with Gasteiger partial charge in [0.2, 0.25) is 11.8 Å². The molecule has 0 radical (unpaired) electrons. The van der Waals surface area contributed by atoms with Crippen molar-refractivity contribution in [2.45, 2.75) is 19.4 Å². The van der Waals surface area contributed by atoms with Crippen molar-refractivity contribution in [2.75, 3.05) is 26.2 Å². The Balaban J connectivity index is 0.00000261. The van der Waals surface area contributed by atoms with Crippen LogP contribution in [0.5, 0.6) is 0 Å². The number of hydrogen-bond donors (Lipinski definition) is 1. The van der Waals surface area contributed by atoms with Crippen LogP contribution in [-0.4, -0.2) is 47.8 Å². The van der Waals surface area contributed by atoms with Crippen molar-refractivity contribution in [3.05, 3.63) is 71.3 Å². The number of carbonyl (C=O) groups is 2. The largest absolute Gasteiger partial charge is 0.339 e. The van der Waals surface area contributed by atoms with Crippen molar-refractivity contribution in [3.63, 3.8) is 0 Å². The van der Waals surface area contributed by atoms with Crippen molar-refractivity contribution in [2.24, 2.45) is 5.73 Å². The van der Waals surface area contributed by atoms with Crippen LogP contribution in [0.1, 0.15) is 22.7 Å². The quantitative estimate of drug-likeness (QED) is 0.875. The molecule has 2 aromatic carbocycles. The highest BCUT2D eigenvalue weighted by Gasteiger charge is 2.27. The molecule has 27 heavy (non-hydrogen) atoms. The first-order valence-corrected chi connectivity index (χ1v) is 8.97. The van der Waals surface area contributed by atoms with E-state index in [9.17, 15) is 9.59 Å². The second-order valence-electron chi connectivity index (χ2n) is 6.76. The molecule has 1 heterocycles. The average Bonchev–Trinajstić information content (AvgIpc) is 2.69. The minimum atomic E-state index is -0.647. The predicted octanol–water partition coefficient (Wildman–Crippen LogP) is 2.33. The van der Waals surface area contributed by atoms with Gasteiger partial charge in [0.15, 0.2) is 0 Å².